The van der Waals surface area contributed by atoms with Crippen molar-refractivity contribution in [3.63, 3.8) is 0 Å². The predicted molar refractivity (Wildman–Crippen MR) is 64.3 cm³/mol. The van der Waals surface area contributed by atoms with Gasteiger partial charge in [-0.25, -0.2) is 0 Å². The van der Waals surface area contributed by atoms with E-state index in [-0.39, 0.29) is 18.2 Å². The highest BCUT2D eigenvalue weighted by Gasteiger charge is 2.27. The van der Waals surface area contributed by atoms with Crippen LogP contribution in [-0.2, 0) is 16.0 Å². The molecule has 1 aromatic heterocycles. The fourth-order valence-electron chi connectivity index (χ4n) is 2.29. The number of nitrogens with zero attached hydrogens (tertiary/aromatic N) is 3. The average molecular weight is 267 g/mol. The van der Waals surface area contributed by atoms with Gasteiger partial charge in [-0.1, -0.05) is 5.16 Å². The Labute approximate surface area is 110 Å². The first-order valence-corrected chi connectivity index (χ1v) is 6.33. The Balaban J connectivity index is 1.76. The SMILES string of the molecule is Cc1noc(CCC(=O)N2CCC(CC(=O)O)C2)n1. The molecule has 1 saturated heterocycles. The molecule has 104 valence electrons. The van der Waals surface area contributed by atoms with Gasteiger partial charge in [0.2, 0.25) is 11.8 Å². The minimum absolute atomic E-state index is 0.0174. The maximum absolute atomic E-state index is 11.9. The number of carboxylic acid groups (broad SMARTS) is 1. The molecule has 1 aliphatic rings. The number of carboxylic acids is 1. The first-order valence-electron chi connectivity index (χ1n) is 6.33. The van der Waals surface area contributed by atoms with Crippen molar-refractivity contribution in [2.45, 2.75) is 32.6 Å². The summed E-state index contributed by atoms with van der Waals surface area (Å²) in [6, 6.07) is 0. The third kappa shape index (κ3) is 3.77. The van der Waals surface area contributed by atoms with Gasteiger partial charge in [0, 0.05) is 32.4 Å². The molecular weight excluding hydrogens is 250 g/mol. The van der Waals surface area contributed by atoms with E-state index in [0.717, 1.165) is 6.42 Å². The highest BCUT2D eigenvalue weighted by Crippen LogP contribution is 2.20. The summed E-state index contributed by atoms with van der Waals surface area (Å²) < 4.78 is 4.94. The summed E-state index contributed by atoms with van der Waals surface area (Å²) in [6.45, 7) is 2.90. The molecule has 0 aliphatic carbocycles. The number of aromatic nitrogens is 2. The highest BCUT2D eigenvalue weighted by atomic mass is 16.5. The Morgan fingerprint density at radius 2 is 2.32 bits per heavy atom. The van der Waals surface area contributed by atoms with Gasteiger partial charge in [-0.15, -0.1) is 0 Å². The Morgan fingerprint density at radius 3 is 2.95 bits per heavy atom. The van der Waals surface area contributed by atoms with E-state index in [4.69, 9.17) is 9.63 Å². The van der Waals surface area contributed by atoms with Gasteiger partial charge in [0.15, 0.2) is 5.82 Å². The number of aliphatic carboxylic acids is 1. The lowest BCUT2D eigenvalue weighted by molar-refractivity contribution is -0.138. The van der Waals surface area contributed by atoms with E-state index in [9.17, 15) is 9.59 Å². The quantitative estimate of drug-likeness (QED) is 0.840. The molecule has 0 bridgehead atoms. The second-order valence-electron chi connectivity index (χ2n) is 4.83. The van der Waals surface area contributed by atoms with E-state index >= 15 is 0 Å². The molecule has 1 amide bonds. The third-order valence-electron chi connectivity index (χ3n) is 3.22. The number of rotatable bonds is 5. The van der Waals surface area contributed by atoms with Gasteiger partial charge >= 0.3 is 5.97 Å². The van der Waals surface area contributed by atoms with Gasteiger partial charge in [-0.05, 0) is 19.3 Å². The zero-order valence-corrected chi connectivity index (χ0v) is 10.8. The summed E-state index contributed by atoms with van der Waals surface area (Å²) in [5, 5.41) is 12.4. The maximum Gasteiger partial charge on any atom is 0.303 e. The van der Waals surface area contributed by atoms with Crippen LogP contribution in [0.1, 0.15) is 31.0 Å². The summed E-state index contributed by atoms with van der Waals surface area (Å²) in [6.07, 6.45) is 1.64. The van der Waals surface area contributed by atoms with Crippen molar-refractivity contribution in [2.75, 3.05) is 13.1 Å². The predicted octanol–water partition coefficient (Wildman–Crippen LogP) is 0.634. The highest BCUT2D eigenvalue weighted by molar-refractivity contribution is 5.76. The first kappa shape index (κ1) is 13.5. The fourth-order valence-corrected chi connectivity index (χ4v) is 2.29. The monoisotopic (exact) mass is 267 g/mol. The van der Waals surface area contributed by atoms with Crippen LogP contribution >= 0.6 is 0 Å². The van der Waals surface area contributed by atoms with Crippen LogP contribution in [0.5, 0.6) is 0 Å². The summed E-state index contributed by atoms with van der Waals surface area (Å²) in [7, 11) is 0. The van der Waals surface area contributed by atoms with Gasteiger partial charge in [0.1, 0.15) is 0 Å². The van der Waals surface area contributed by atoms with Gasteiger partial charge in [-0.3, -0.25) is 9.59 Å². The molecule has 2 heterocycles. The zero-order chi connectivity index (χ0) is 13.8. The number of amides is 1. The van der Waals surface area contributed by atoms with E-state index in [1.54, 1.807) is 11.8 Å². The van der Waals surface area contributed by atoms with Crippen molar-refractivity contribution in [2.24, 2.45) is 5.92 Å². The van der Waals surface area contributed by atoms with Crippen LogP contribution in [-0.4, -0.2) is 45.1 Å². The lowest BCUT2D eigenvalue weighted by Crippen LogP contribution is -2.29. The summed E-state index contributed by atoms with van der Waals surface area (Å²) in [4.78, 5) is 28.3. The van der Waals surface area contributed by atoms with Crippen LogP contribution in [0.15, 0.2) is 4.52 Å². The second-order valence-corrected chi connectivity index (χ2v) is 4.83. The molecule has 1 unspecified atom stereocenters. The van der Waals surface area contributed by atoms with Gasteiger partial charge < -0.3 is 14.5 Å². The van der Waals surface area contributed by atoms with Crippen LogP contribution in [0, 0.1) is 12.8 Å². The second kappa shape index (κ2) is 5.81. The Hall–Kier alpha value is -1.92. The standard InChI is InChI=1S/C12H17N3O4/c1-8-13-10(19-14-8)2-3-11(16)15-5-4-9(7-15)6-12(17)18/h9H,2-7H2,1H3,(H,17,18). The summed E-state index contributed by atoms with van der Waals surface area (Å²) in [5.74, 6) is 0.314. The minimum Gasteiger partial charge on any atom is -0.481 e. The van der Waals surface area contributed by atoms with Gasteiger partial charge in [-0.2, -0.15) is 4.98 Å². The van der Waals surface area contributed by atoms with E-state index in [0.29, 0.717) is 37.6 Å². The number of carbonyl (C=O) groups excluding carboxylic acids is 1. The van der Waals surface area contributed by atoms with E-state index in [1.807, 2.05) is 0 Å². The largest absolute Gasteiger partial charge is 0.481 e. The van der Waals surface area contributed by atoms with Crippen LogP contribution in [0.3, 0.4) is 0 Å². The molecule has 1 aromatic rings. The fraction of sp³-hybridized carbons (Fsp3) is 0.667. The van der Waals surface area contributed by atoms with Crippen molar-refractivity contribution >= 4 is 11.9 Å². The normalized spacial score (nSPS) is 18.8. The number of aryl methyl sites for hydroxylation is 2. The van der Waals surface area contributed by atoms with E-state index < -0.39 is 5.97 Å². The van der Waals surface area contributed by atoms with Crippen LogP contribution in [0.4, 0.5) is 0 Å². The Morgan fingerprint density at radius 1 is 1.53 bits per heavy atom. The molecule has 7 nitrogen and oxygen atoms in total. The van der Waals surface area contributed by atoms with Crippen LogP contribution < -0.4 is 0 Å². The van der Waals surface area contributed by atoms with Gasteiger partial charge in [0.05, 0.1) is 0 Å². The molecule has 1 N–H and O–H groups in total. The lowest BCUT2D eigenvalue weighted by atomic mass is 10.1. The molecular formula is C12H17N3O4. The molecule has 7 heteroatoms. The Bertz CT molecular complexity index is 471. The van der Waals surface area contributed by atoms with Crippen molar-refractivity contribution in [1.29, 1.82) is 0 Å². The smallest absolute Gasteiger partial charge is 0.303 e. The van der Waals surface area contributed by atoms with Crippen LogP contribution in [0.2, 0.25) is 0 Å². The van der Waals surface area contributed by atoms with Gasteiger partial charge in [0.25, 0.3) is 0 Å². The molecule has 1 fully saturated rings. The molecule has 0 saturated carbocycles. The summed E-state index contributed by atoms with van der Waals surface area (Å²) in [5.41, 5.74) is 0. The number of hydrogen-bond donors (Lipinski definition) is 1. The van der Waals surface area contributed by atoms with Crippen molar-refractivity contribution in [1.82, 2.24) is 15.0 Å². The molecule has 0 aromatic carbocycles. The average Bonchev–Trinajstić information content (AvgIpc) is 2.95. The minimum atomic E-state index is -0.805. The van der Waals surface area contributed by atoms with E-state index in [1.165, 1.54) is 0 Å². The molecule has 1 aliphatic heterocycles. The Kier molecular flexibility index (Phi) is 4.13. The van der Waals surface area contributed by atoms with E-state index in [2.05, 4.69) is 10.1 Å². The number of hydrogen-bond acceptors (Lipinski definition) is 5. The van der Waals surface area contributed by atoms with Crippen molar-refractivity contribution in [3.8, 4) is 0 Å². The number of carbonyl (C=O) groups is 2. The van der Waals surface area contributed by atoms with Crippen molar-refractivity contribution in [3.05, 3.63) is 11.7 Å². The van der Waals surface area contributed by atoms with Crippen LogP contribution in [0.25, 0.3) is 0 Å². The first-order chi connectivity index (χ1) is 9.04. The number of likely N-dealkylation sites (tertiary alicyclic amines) is 1. The summed E-state index contributed by atoms with van der Waals surface area (Å²) >= 11 is 0. The molecule has 0 spiro atoms. The molecule has 19 heavy (non-hydrogen) atoms. The molecule has 0 radical (unpaired) electrons. The zero-order valence-electron chi connectivity index (χ0n) is 10.8. The topological polar surface area (TPSA) is 96.5 Å². The molecule has 2 rings (SSSR count). The third-order valence-corrected chi connectivity index (χ3v) is 3.22. The lowest BCUT2D eigenvalue weighted by Gasteiger charge is -2.15. The van der Waals surface area contributed by atoms with Crippen molar-refractivity contribution < 1.29 is 19.2 Å². The maximum atomic E-state index is 11.9. The molecule has 1 atom stereocenters.